The van der Waals surface area contributed by atoms with E-state index in [0.29, 0.717) is 21.9 Å². The SMILES string of the molecule is CC1CN(C(=O)c2ccnc(NN)c2)CC(C)S1. The number of nitrogen functional groups attached to an aromatic ring is 1. The summed E-state index contributed by atoms with van der Waals surface area (Å²) in [7, 11) is 0. The van der Waals surface area contributed by atoms with Gasteiger partial charge in [0.25, 0.3) is 5.91 Å². The number of amides is 1. The Bertz CT molecular complexity index is 430. The molecule has 0 radical (unpaired) electrons. The highest BCUT2D eigenvalue weighted by molar-refractivity contribution is 8.00. The summed E-state index contributed by atoms with van der Waals surface area (Å²) < 4.78 is 0. The number of nitrogens with two attached hydrogens (primary N) is 1. The van der Waals surface area contributed by atoms with E-state index in [1.54, 1.807) is 18.3 Å². The molecule has 2 rings (SSSR count). The van der Waals surface area contributed by atoms with Crippen molar-refractivity contribution in [3.8, 4) is 0 Å². The summed E-state index contributed by atoms with van der Waals surface area (Å²) in [5.41, 5.74) is 3.09. The standard InChI is InChI=1S/C12H18N4OS/c1-8-6-16(7-9(2)18-8)12(17)10-3-4-14-11(5-10)15-13/h3-5,8-9H,6-7,13H2,1-2H3,(H,14,15). The van der Waals surface area contributed by atoms with E-state index in [0.717, 1.165) is 13.1 Å². The van der Waals surface area contributed by atoms with Crippen molar-refractivity contribution >= 4 is 23.5 Å². The fraction of sp³-hybridized carbons (Fsp3) is 0.500. The minimum Gasteiger partial charge on any atom is -0.336 e. The van der Waals surface area contributed by atoms with Crippen molar-refractivity contribution in [1.29, 1.82) is 0 Å². The highest BCUT2D eigenvalue weighted by atomic mass is 32.2. The largest absolute Gasteiger partial charge is 0.336 e. The summed E-state index contributed by atoms with van der Waals surface area (Å²) >= 11 is 1.93. The maximum atomic E-state index is 12.4. The topological polar surface area (TPSA) is 71.2 Å². The Balaban J connectivity index is 2.14. The third-order valence-corrected chi connectivity index (χ3v) is 4.09. The number of pyridine rings is 1. The summed E-state index contributed by atoms with van der Waals surface area (Å²) in [4.78, 5) is 18.3. The van der Waals surface area contributed by atoms with Crippen LogP contribution in [0.15, 0.2) is 18.3 Å². The van der Waals surface area contributed by atoms with E-state index in [1.807, 2.05) is 16.7 Å². The van der Waals surface area contributed by atoms with E-state index < -0.39 is 0 Å². The first kappa shape index (κ1) is 13.2. The van der Waals surface area contributed by atoms with Gasteiger partial charge in [0.1, 0.15) is 5.82 Å². The molecule has 2 heterocycles. The molecule has 2 atom stereocenters. The molecule has 1 amide bonds. The molecule has 98 valence electrons. The lowest BCUT2D eigenvalue weighted by molar-refractivity contribution is 0.0753. The van der Waals surface area contributed by atoms with E-state index in [2.05, 4.69) is 24.3 Å². The second-order valence-electron chi connectivity index (χ2n) is 4.54. The third kappa shape index (κ3) is 2.94. The molecule has 1 saturated heterocycles. The summed E-state index contributed by atoms with van der Waals surface area (Å²) in [6.45, 7) is 5.89. The van der Waals surface area contributed by atoms with Gasteiger partial charge < -0.3 is 10.3 Å². The fourth-order valence-corrected chi connectivity index (χ4v) is 3.49. The molecule has 0 bridgehead atoms. The minimum absolute atomic E-state index is 0.0490. The summed E-state index contributed by atoms with van der Waals surface area (Å²) in [5.74, 6) is 5.86. The van der Waals surface area contributed by atoms with Gasteiger partial charge in [0, 0.05) is 35.3 Å². The highest BCUT2D eigenvalue weighted by Gasteiger charge is 2.26. The van der Waals surface area contributed by atoms with Crippen LogP contribution in [0.5, 0.6) is 0 Å². The van der Waals surface area contributed by atoms with E-state index in [4.69, 9.17) is 5.84 Å². The van der Waals surface area contributed by atoms with Crippen LogP contribution in [0.2, 0.25) is 0 Å². The molecule has 1 aliphatic heterocycles. The van der Waals surface area contributed by atoms with Crippen molar-refractivity contribution in [2.75, 3.05) is 18.5 Å². The number of hydrazine groups is 1. The Morgan fingerprint density at radius 1 is 1.50 bits per heavy atom. The van der Waals surface area contributed by atoms with Crippen LogP contribution in [0.25, 0.3) is 0 Å². The van der Waals surface area contributed by atoms with Gasteiger partial charge in [-0.15, -0.1) is 0 Å². The smallest absolute Gasteiger partial charge is 0.254 e. The number of nitrogens with zero attached hydrogens (tertiary/aromatic N) is 2. The van der Waals surface area contributed by atoms with Crippen molar-refractivity contribution in [3.05, 3.63) is 23.9 Å². The molecular formula is C12H18N4OS. The van der Waals surface area contributed by atoms with Crippen LogP contribution in [0.3, 0.4) is 0 Å². The molecule has 0 spiro atoms. The van der Waals surface area contributed by atoms with Gasteiger partial charge in [0.05, 0.1) is 0 Å². The van der Waals surface area contributed by atoms with Crippen LogP contribution in [-0.4, -0.2) is 39.4 Å². The van der Waals surface area contributed by atoms with Gasteiger partial charge in [0.15, 0.2) is 0 Å². The Hall–Kier alpha value is -1.27. The molecule has 1 fully saturated rings. The maximum absolute atomic E-state index is 12.4. The maximum Gasteiger partial charge on any atom is 0.254 e. The number of nitrogens with one attached hydrogen (secondary N) is 1. The number of anilines is 1. The Morgan fingerprint density at radius 2 is 2.17 bits per heavy atom. The number of hydrogen-bond donors (Lipinski definition) is 2. The number of thioether (sulfide) groups is 1. The highest BCUT2D eigenvalue weighted by Crippen LogP contribution is 2.25. The number of carbonyl (C=O) groups excluding carboxylic acids is 1. The lowest BCUT2D eigenvalue weighted by Gasteiger charge is -2.34. The minimum atomic E-state index is 0.0490. The van der Waals surface area contributed by atoms with Gasteiger partial charge in [-0.1, -0.05) is 13.8 Å². The zero-order valence-corrected chi connectivity index (χ0v) is 11.4. The molecule has 1 aromatic heterocycles. The molecule has 0 aromatic carbocycles. The van der Waals surface area contributed by atoms with Crippen LogP contribution < -0.4 is 11.3 Å². The van der Waals surface area contributed by atoms with Gasteiger partial charge in [0.2, 0.25) is 0 Å². The van der Waals surface area contributed by atoms with E-state index in [9.17, 15) is 4.79 Å². The average molecular weight is 266 g/mol. The first-order valence-corrected chi connectivity index (χ1v) is 6.92. The lowest BCUT2D eigenvalue weighted by Crippen LogP contribution is -2.44. The van der Waals surface area contributed by atoms with E-state index >= 15 is 0 Å². The van der Waals surface area contributed by atoms with Crippen molar-refractivity contribution in [2.45, 2.75) is 24.3 Å². The van der Waals surface area contributed by atoms with Gasteiger partial charge >= 0.3 is 0 Å². The van der Waals surface area contributed by atoms with E-state index in [-0.39, 0.29) is 5.91 Å². The second kappa shape index (κ2) is 5.58. The molecule has 5 nitrogen and oxygen atoms in total. The normalized spacial score (nSPS) is 23.8. The number of hydrogen-bond acceptors (Lipinski definition) is 5. The molecule has 6 heteroatoms. The molecule has 0 aliphatic carbocycles. The lowest BCUT2D eigenvalue weighted by atomic mass is 10.2. The number of carbonyl (C=O) groups is 1. The predicted molar refractivity (Wildman–Crippen MR) is 74.5 cm³/mol. The van der Waals surface area contributed by atoms with Crippen molar-refractivity contribution in [2.24, 2.45) is 5.84 Å². The van der Waals surface area contributed by atoms with Crippen LogP contribution >= 0.6 is 11.8 Å². The van der Waals surface area contributed by atoms with Crippen LogP contribution in [0.1, 0.15) is 24.2 Å². The second-order valence-corrected chi connectivity index (χ2v) is 6.42. The summed E-state index contributed by atoms with van der Waals surface area (Å²) in [5, 5.41) is 0.957. The number of rotatable bonds is 2. The van der Waals surface area contributed by atoms with Gasteiger partial charge in [-0.3, -0.25) is 4.79 Å². The molecule has 0 saturated carbocycles. The molecule has 18 heavy (non-hydrogen) atoms. The predicted octanol–water partition coefficient (Wildman–Crippen LogP) is 1.33. The monoisotopic (exact) mass is 266 g/mol. The average Bonchev–Trinajstić information content (AvgIpc) is 2.37. The first-order chi connectivity index (χ1) is 8.60. The molecule has 2 unspecified atom stereocenters. The van der Waals surface area contributed by atoms with Gasteiger partial charge in [-0.2, -0.15) is 11.8 Å². The van der Waals surface area contributed by atoms with Crippen LogP contribution in [0, 0.1) is 0 Å². The van der Waals surface area contributed by atoms with Crippen LogP contribution in [-0.2, 0) is 0 Å². The number of aromatic nitrogens is 1. The Kier molecular flexibility index (Phi) is 4.08. The van der Waals surface area contributed by atoms with Gasteiger partial charge in [-0.25, -0.2) is 10.8 Å². The van der Waals surface area contributed by atoms with Gasteiger partial charge in [-0.05, 0) is 12.1 Å². The quantitative estimate of drug-likeness (QED) is 0.624. The van der Waals surface area contributed by atoms with E-state index in [1.165, 1.54) is 0 Å². The molecule has 1 aliphatic rings. The Morgan fingerprint density at radius 3 is 2.78 bits per heavy atom. The molecular weight excluding hydrogens is 248 g/mol. The summed E-state index contributed by atoms with van der Waals surface area (Å²) in [6.07, 6.45) is 1.59. The molecule has 3 N–H and O–H groups in total. The van der Waals surface area contributed by atoms with Crippen molar-refractivity contribution in [1.82, 2.24) is 9.88 Å². The van der Waals surface area contributed by atoms with Crippen LogP contribution in [0.4, 0.5) is 5.82 Å². The fourth-order valence-electron chi connectivity index (χ4n) is 2.17. The zero-order valence-electron chi connectivity index (χ0n) is 10.6. The molecule has 1 aromatic rings. The first-order valence-electron chi connectivity index (χ1n) is 5.97. The van der Waals surface area contributed by atoms with Crippen molar-refractivity contribution < 1.29 is 4.79 Å². The summed E-state index contributed by atoms with van der Waals surface area (Å²) in [6, 6.07) is 3.40. The van der Waals surface area contributed by atoms with Crippen molar-refractivity contribution in [3.63, 3.8) is 0 Å². The zero-order chi connectivity index (χ0) is 13.1. The Labute approximate surface area is 111 Å². The third-order valence-electron chi connectivity index (χ3n) is 2.86.